The van der Waals surface area contributed by atoms with Gasteiger partial charge in [-0.05, 0) is 12.5 Å². The molecule has 90 valence electrons. The fraction of sp³-hybridized carbons (Fsp3) is 0.727. The van der Waals surface area contributed by atoms with Gasteiger partial charge in [0.25, 0.3) is 0 Å². The van der Waals surface area contributed by atoms with Crippen LogP contribution in [-0.2, 0) is 7.05 Å². The van der Waals surface area contributed by atoms with Gasteiger partial charge in [-0.2, -0.15) is 28.6 Å². The third-order valence-electron chi connectivity index (χ3n) is 2.97. The lowest BCUT2D eigenvalue weighted by Gasteiger charge is -2.33. The number of hydrogen-bond donors (Lipinski definition) is 1. The summed E-state index contributed by atoms with van der Waals surface area (Å²) in [4.78, 5) is 0. The first kappa shape index (κ1) is 12.3. The van der Waals surface area contributed by atoms with Gasteiger partial charge in [0.05, 0.1) is 5.69 Å². The van der Waals surface area contributed by atoms with Crippen LogP contribution in [0, 0.1) is 0 Å². The molecule has 0 aromatic carbocycles. The smallest absolute Gasteiger partial charge is 0.108 e. The highest BCUT2D eigenvalue weighted by molar-refractivity contribution is 8.07. The maximum absolute atomic E-state index is 10.4. The Morgan fingerprint density at radius 1 is 1.56 bits per heavy atom. The Bertz CT molecular complexity index is 342. The van der Waals surface area contributed by atoms with E-state index in [0.717, 1.165) is 17.9 Å². The van der Waals surface area contributed by atoms with Crippen LogP contribution in [0.3, 0.4) is 0 Å². The second-order valence-corrected chi connectivity index (χ2v) is 6.61. The maximum atomic E-state index is 10.4. The van der Waals surface area contributed by atoms with Gasteiger partial charge in [0.1, 0.15) is 6.10 Å². The highest BCUT2D eigenvalue weighted by atomic mass is 32.2. The lowest BCUT2D eigenvalue weighted by atomic mass is 10.1. The molecule has 3 nitrogen and oxygen atoms in total. The van der Waals surface area contributed by atoms with Crippen LogP contribution in [0.4, 0.5) is 0 Å². The maximum Gasteiger partial charge on any atom is 0.108 e. The molecule has 0 spiro atoms. The average molecular weight is 258 g/mol. The van der Waals surface area contributed by atoms with Crippen molar-refractivity contribution in [2.24, 2.45) is 7.05 Å². The summed E-state index contributed by atoms with van der Waals surface area (Å²) in [5.74, 6) is 2.35. The first-order chi connectivity index (χ1) is 7.74. The van der Waals surface area contributed by atoms with Crippen molar-refractivity contribution in [1.29, 1.82) is 0 Å². The molecule has 1 N–H and O–H groups in total. The molecule has 1 aliphatic heterocycles. The molecule has 2 rings (SSSR count). The molecule has 0 radical (unpaired) electrons. The standard InChI is InChI=1S/C11H18N2OS2/c1-3-9-11(16-7-6-15-9)10(14)8-4-5-12-13(8)2/h4-5,9-11,14H,3,6-7H2,1-2H3. The minimum absolute atomic E-state index is 0.305. The average Bonchev–Trinajstić information content (AvgIpc) is 2.74. The minimum Gasteiger partial charge on any atom is -0.386 e. The molecule has 2 heterocycles. The van der Waals surface area contributed by atoms with Gasteiger partial charge < -0.3 is 5.11 Å². The third kappa shape index (κ3) is 2.41. The highest BCUT2D eigenvalue weighted by Gasteiger charge is 2.32. The predicted octanol–water partition coefficient (Wildman–Crippen LogP) is 2.08. The lowest BCUT2D eigenvalue weighted by molar-refractivity contribution is 0.162. The second-order valence-electron chi connectivity index (χ2n) is 3.98. The van der Waals surface area contributed by atoms with Crippen molar-refractivity contribution in [3.63, 3.8) is 0 Å². The summed E-state index contributed by atoms with van der Waals surface area (Å²) in [5.41, 5.74) is 0.929. The molecule has 16 heavy (non-hydrogen) atoms. The number of aliphatic hydroxyl groups excluding tert-OH is 1. The summed E-state index contributed by atoms with van der Waals surface area (Å²) >= 11 is 3.89. The van der Waals surface area contributed by atoms with Gasteiger partial charge in [0.2, 0.25) is 0 Å². The van der Waals surface area contributed by atoms with Crippen LogP contribution in [0.2, 0.25) is 0 Å². The number of aromatic nitrogens is 2. The fourth-order valence-corrected chi connectivity index (χ4v) is 5.19. The van der Waals surface area contributed by atoms with Gasteiger partial charge in [0, 0.05) is 35.3 Å². The molecule has 1 fully saturated rings. The van der Waals surface area contributed by atoms with Crippen LogP contribution >= 0.6 is 23.5 Å². The Morgan fingerprint density at radius 2 is 2.31 bits per heavy atom. The van der Waals surface area contributed by atoms with Crippen molar-refractivity contribution in [1.82, 2.24) is 9.78 Å². The van der Waals surface area contributed by atoms with E-state index >= 15 is 0 Å². The van der Waals surface area contributed by atoms with Gasteiger partial charge in [-0.3, -0.25) is 4.68 Å². The topological polar surface area (TPSA) is 38.1 Å². The van der Waals surface area contributed by atoms with E-state index in [4.69, 9.17) is 0 Å². The van der Waals surface area contributed by atoms with E-state index in [1.807, 2.05) is 36.6 Å². The Kier molecular flexibility index (Phi) is 4.21. The molecule has 5 heteroatoms. The summed E-state index contributed by atoms with van der Waals surface area (Å²) in [6.07, 6.45) is 2.48. The number of rotatable bonds is 3. The van der Waals surface area contributed by atoms with Gasteiger partial charge in [-0.1, -0.05) is 6.92 Å². The zero-order valence-corrected chi connectivity index (χ0v) is 11.3. The van der Waals surface area contributed by atoms with Gasteiger partial charge in [0.15, 0.2) is 0 Å². The molecule has 0 saturated carbocycles. The van der Waals surface area contributed by atoms with E-state index in [0.29, 0.717) is 10.5 Å². The van der Waals surface area contributed by atoms with Crippen molar-refractivity contribution in [2.45, 2.75) is 29.9 Å². The molecule has 3 unspecified atom stereocenters. The number of aliphatic hydroxyl groups is 1. The first-order valence-corrected chi connectivity index (χ1v) is 7.73. The highest BCUT2D eigenvalue weighted by Crippen LogP contribution is 2.39. The van der Waals surface area contributed by atoms with Crippen molar-refractivity contribution in [3.8, 4) is 0 Å². The van der Waals surface area contributed by atoms with Crippen LogP contribution < -0.4 is 0 Å². The van der Waals surface area contributed by atoms with Crippen LogP contribution in [0.1, 0.15) is 25.1 Å². The van der Waals surface area contributed by atoms with E-state index in [1.54, 1.807) is 10.9 Å². The second kappa shape index (κ2) is 5.47. The van der Waals surface area contributed by atoms with Crippen LogP contribution in [-0.4, -0.2) is 36.9 Å². The monoisotopic (exact) mass is 258 g/mol. The summed E-state index contributed by atoms with van der Waals surface area (Å²) in [6.45, 7) is 2.20. The van der Waals surface area contributed by atoms with Crippen molar-refractivity contribution in [3.05, 3.63) is 18.0 Å². The number of hydrogen-bond acceptors (Lipinski definition) is 4. The van der Waals surface area contributed by atoms with Crippen molar-refractivity contribution in [2.75, 3.05) is 11.5 Å². The summed E-state index contributed by atoms with van der Waals surface area (Å²) in [7, 11) is 1.89. The lowest BCUT2D eigenvalue weighted by Crippen LogP contribution is -2.32. The molecule has 1 aromatic rings. The molecular formula is C11H18N2OS2. The van der Waals surface area contributed by atoms with Crippen molar-refractivity contribution >= 4 is 23.5 Å². The zero-order valence-electron chi connectivity index (χ0n) is 9.67. The van der Waals surface area contributed by atoms with Crippen molar-refractivity contribution < 1.29 is 5.11 Å². The quantitative estimate of drug-likeness (QED) is 0.901. The van der Waals surface area contributed by atoms with E-state index < -0.39 is 6.10 Å². The number of thioether (sulfide) groups is 2. The molecule has 1 saturated heterocycles. The molecule has 0 amide bonds. The van der Waals surface area contributed by atoms with Crippen LogP contribution in [0.15, 0.2) is 12.3 Å². The Labute approximate surface area is 105 Å². The summed E-state index contributed by atoms with van der Waals surface area (Å²) < 4.78 is 1.78. The fourth-order valence-electron chi connectivity index (χ4n) is 2.07. The van der Waals surface area contributed by atoms with Gasteiger partial charge >= 0.3 is 0 Å². The number of aryl methyl sites for hydroxylation is 1. The SMILES string of the molecule is CCC1SCCSC1C(O)c1ccnn1C. The molecular weight excluding hydrogens is 240 g/mol. The van der Waals surface area contributed by atoms with E-state index in [-0.39, 0.29) is 0 Å². The number of nitrogens with zero attached hydrogens (tertiary/aromatic N) is 2. The molecule has 0 bridgehead atoms. The zero-order chi connectivity index (χ0) is 11.5. The molecule has 1 aliphatic rings. The van der Waals surface area contributed by atoms with Crippen LogP contribution in [0.5, 0.6) is 0 Å². The molecule has 0 aliphatic carbocycles. The Morgan fingerprint density at radius 3 is 2.94 bits per heavy atom. The molecule has 1 aromatic heterocycles. The van der Waals surface area contributed by atoms with Gasteiger partial charge in [-0.25, -0.2) is 0 Å². The Hall–Kier alpha value is -0.130. The van der Waals surface area contributed by atoms with E-state index in [1.165, 1.54) is 5.75 Å². The first-order valence-electron chi connectivity index (χ1n) is 5.63. The van der Waals surface area contributed by atoms with Crippen LogP contribution in [0.25, 0.3) is 0 Å². The third-order valence-corrected chi connectivity index (χ3v) is 6.30. The van der Waals surface area contributed by atoms with E-state index in [2.05, 4.69) is 12.0 Å². The normalized spacial score (nSPS) is 27.9. The van der Waals surface area contributed by atoms with Gasteiger partial charge in [-0.15, -0.1) is 0 Å². The minimum atomic E-state index is -0.393. The Balaban J connectivity index is 2.13. The summed E-state index contributed by atoms with van der Waals surface area (Å²) in [6, 6.07) is 1.91. The predicted molar refractivity (Wildman–Crippen MR) is 71.0 cm³/mol. The summed E-state index contributed by atoms with van der Waals surface area (Å²) in [5, 5.41) is 15.4. The van der Waals surface area contributed by atoms with E-state index in [9.17, 15) is 5.11 Å². The largest absolute Gasteiger partial charge is 0.386 e. The molecule has 3 atom stereocenters.